The third-order valence-electron chi connectivity index (χ3n) is 1.99. The van der Waals surface area contributed by atoms with Gasteiger partial charge in [-0.05, 0) is 12.0 Å². The Morgan fingerprint density at radius 2 is 2.00 bits per heavy atom. The van der Waals surface area contributed by atoms with Crippen LogP contribution in [-0.2, 0) is 20.7 Å². The van der Waals surface area contributed by atoms with Crippen LogP contribution in [0.5, 0.6) is 0 Å². The molecule has 1 aromatic carbocycles. The van der Waals surface area contributed by atoms with Crippen LogP contribution < -0.4 is 5.32 Å². The van der Waals surface area contributed by atoms with Crippen LogP contribution in [0.1, 0.15) is 5.56 Å². The summed E-state index contributed by atoms with van der Waals surface area (Å²) < 4.78 is 4.62. The van der Waals surface area contributed by atoms with Crippen molar-refractivity contribution in [3.8, 4) is 0 Å². The van der Waals surface area contributed by atoms with E-state index in [0.29, 0.717) is 19.3 Å². The van der Waals surface area contributed by atoms with Crippen LogP contribution in [0.3, 0.4) is 0 Å². The van der Waals surface area contributed by atoms with E-state index in [-0.39, 0.29) is 12.6 Å². The van der Waals surface area contributed by atoms with Gasteiger partial charge in [-0.1, -0.05) is 30.3 Å². The molecule has 0 fully saturated rings. The summed E-state index contributed by atoms with van der Waals surface area (Å²) in [5.74, 6) is 0. The van der Waals surface area contributed by atoms with Crippen molar-refractivity contribution < 1.29 is 14.3 Å². The number of rotatable bonds is 7. The number of carbonyl (C=O) groups excluding carboxylic acids is 2. The SMILES string of the molecule is O=CN[C@H](COC=O)Cc1ccccc1. The predicted octanol–water partition coefficient (Wildman–Crippen LogP) is 0.517. The number of ether oxygens (including phenoxy) is 1. The maximum Gasteiger partial charge on any atom is 0.293 e. The van der Waals surface area contributed by atoms with Gasteiger partial charge in [0, 0.05) is 0 Å². The average molecular weight is 207 g/mol. The van der Waals surface area contributed by atoms with E-state index >= 15 is 0 Å². The second-order valence-electron chi connectivity index (χ2n) is 3.10. The Morgan fingerprint density at radius 1 is 1.27 bits per heavy atom. The fourth-order valence-electron chi connectivity index (χ4n) is 1.32. The molecule has 0 saturated heterocycles. The van der Waals surface area contributed by atoms with Crippen molar-refractivity contribution in [1.29, 1.82) is 0 Å². The van der Waals surface area contributed by atoms with Crippen molar-refractivity contribution in [2.75, 3.05) is 6.61 Å². The lowest BCUT2D eigenvalue weighted by Crippen LogP contribution is -2.34. The maximum atomic E-state index is 10.3. The van der Waals surface area contributed by atoms with Crippen LogP contribution in [0, 0.1) is 0 Å². The molecule has 80 valence electrons. The van der Waals surface area contributed by atoms with E-state index < -0.39 is 0 Å². The van der Waals surface area contributed by atoms with Crippen LogP contribution in [-0.4, -0.2) is 25.5 Å². The molecule has 0 aliphatic carbocycles. The molecule has 1 atom stereocenters. The summed E-state index contributed by atoms with van der Waals surface area (Å²) in [6.07, 6.45) is 1.26. The third-order valence-corrected chi connectivity index (χ3v) is 1.99. The van der Waals surface area contributed by atoms with Gasteiger partial charge in [0.05, 0.1) is 6.04 Å². The highest BCUT2D eigenvalue weighted by atomic mass is 16.5. The Morgan fingerprint density at radius 3 is 2.60 bits per heavy atom. The summed E-state index contributed by atoms with van der Waals surface area (Å²) in [7, 11) is 0. The fourth-order valence-corrected chi connectivity index (χ4v) is 1.32. The van der Waals surface area contributed by atoms with Crippen molar-refractivity contribution in [2.45, 2.75) is 12.5 Å². The molecule has 0 aromatic heterocycles. The summed E-state index contributed by atoms with van der Waals surface area (Å²) in [5.41, 5.74) is 1.09. The first kappa shape index (κ1) is 11.2. The minimum Gasteiger partial charge on any atom is -0.466 e. The van der Waals surface area contributed by atoms with Gasteiger partial charge in [0.25, 0.3) is 6.47 Å². The number of carbonyl (C=O) groups is 2. The summed E-state index contributed by atoms with van der Waals surface area (Å²) in [6, 6.07) is 9.52. The molecule has 1 aromatic rings. The van der Waals surface area contributed by atoms with Crippen LogP contribution in [0.4, 0.5) is 0 Å². The van der Waals surface area contributed by atoms with E-state index in [1.54, 1.807) is 0 Å². The van der Waals surface area contributed by atoms with Crippen LogP contribution in [0.2, 0.25) is 0 Å². The molecular weight excluding hydrogens is 194 g/mol. The summed E-state index contributed by atoms with van der Waals surface area (Å²) >= 11 is 0. The van der Waals surface area contributed by atoms with Crippen molar-refractivity contribution in [2.24, 2.45) is 0 Å². The Kier molecular flexibility index (Phi) is 4.94. The molecule has 0 spiro atoms. The Labute approximate surface area is 88.2 Å². The lowest BCUT2D eigenvalue weighted by Gasteiger charge is -2.14. The minimum absolute atomic E-state index is 0.171. The number of benzene rings is 1. The fraction of sp³-hybridized carbons (Fsp3) is 0.273. The van der Waals surface area contributed by atoms with E-state index in [9.17, 15) is 9.59 Å². The highest BCUT2D eigenvalue weighted by Crippen LogP contribution is 2.02. The predicted molar refractivity (Wildman–Crippen MR) is 55.1 cm³/mol. The average Bonchev–Trinajstić information content (AvgIpc) is 2.28. The molecule has 0 bridgehead atoms. The molecular formula is C11H13NO3. The molecule has 0 unspecified atom stereocenters. The van der Waals surface area contributed by atoms with E-state index in [2.05, 4.69) is 10.1 Å². The molecule has 1 N–H and O–H groups in total. The van der Waals surface area contributed by atoms with Gasteiger partial charge >= 0.3 is 0 Å². The van der Waals surface area contributed by atoms with Gasteiger partial charge in [-0.2, -0.15) is 0 Å². The highest BCUT2D eigenvalue weighted by Gasteiger charge is 2.08. The summed E-state index contributed by atoms with van der Waals surface area (Å²) in [6.45, 7) is 0.571. The lowest BCUT2D eigenvalue weighted by molar-refractivity contribution is -0.130. The quantitative estimate of drug-likeness (QED) is 0.663. The number of amides is 1. The molecule has 4 nitrogen and oxygen atoms in total. The van der Waals surface area contributed by atoms with Crippen LogP contribution in [0.25, 0.3) is 0 Å². The second-order valence-corrected chi connectivity index (χ2v) is 3.10. The van der Waals surface area contributed by atoms with Gasteiger partial charge in [0.15, 0.2) is 0 Å². The number of hydrogen-bond acceptors (Lipinski definition) is 3. The van der Waals surface area contributed by atoms with Gasteiger partial charge in [-0.3, -0.25) is 9.59 Å². The second kappa shape index (κ2) is 6.59. The van der Waals surface area contributed by atoms with Crippen molar-refractivity contribution in [3.05, 3.63) is 35.9 Å². The topological polar surface area (TPSA) is 55.4 Å². The zero-order valence-corrected chi connectivity index (χ0v) is 8.26. The Balaban J connectivity index is 2.50. The highest BCUT2D eigenvalue weighted by molar-refractivity contribution is 5.47. The molecule has 0 saturated carbocycles. The first-order chi connectivity index (χ1) is 7.36. The molecule has 0 aliphatic rings. The maximum absolute atomic E-state index is 10.3. The monoisotopic (exact) mass is 207 g/mol. The molecule has 0 radical (unpaired) electrons. The largest absolute Gasteiger partial charge is 0.466 e. The van der Waals surface area contributed by atoms with E-state index in [4.69, 9.17) is 0 Å². The Hall–Kier alpha value is -1.84. The normalized spacial score (nSPS) is 11.5. The molecule has 0 aliphatic heterocycles. The van der Waals surface area contributed by atoms with Gasteiger partial charge in [0.1, 0.15) is 6.61 Å². The van der Waals surface area contributed by atoms with E-state index in [1.165, 1.54) is 0 Å². The zero-order valence-electron chi connectivity index (χ0n) is 8.26. The minimum atomic E-state index is -0.171. The number of nitrogens with one attached hydrogen (secondary N) is 1. The first-order valence-corrected chi connectivity index (χ1v) is 4.65. The zero-order chi connectivity index (χ0) is 10.9. The van der Waals surface area contributed by atoms with Crippen LogP contribution in [0.15, 0.2) is 30.3 Å². The van der Waals surface area contributed by atoms with E-state index in [1.807, 2.05) is 30.3 Å². The summed E-state index contributed by atoms with van der Waals surface area (Å²) in [5, 5.41) is 2.60. The van der Waals surface area contributed by atoms with Crippen LogP contribution >= 0.6 is 0 Å². The molecule has 0 heterocycles. The lowest BCUT2D eigenvalue weighted by atomic mass is 10.1. The Bertz CT molecular complexity index is 300. The first-order valence-electron chi connectivity index (χ1n) is 4.65. The van der Waals surface area contributed by atoms with Crippen molar-refractivity contribution in [1.82, 2.24) is 5.32 Å². The van der Waals surface area contributed by atoms with Gasteiger partial charge in [0.2, 0.25) is 6.41 Å². The van der Waals surface area contributed by atoms with E-state index in [0.717, 1.165) is 5.56 Å². The van der Waals surface area contributed by atoms with Crippen molar-refractivity contribution >= 4 is 12.9 Å². The number of hydrogen-bond donors (Lipinski definition) is 1. The molecule has 4 heteroatoms. The van der Waals surface area contributed by atoms with Gasteiger partial charge < -0.3 is 10.1 Å². The smallest absolute Gasteiger partial charge is 0.293 e. The molecule has 1 amide bonds. The van der Waals surface area contributed by atoms with Gasteiger partial charge in [-0.25, -0.2) is 0 Å². The van der Waals surface area contributed by atoms with Crippen molar-refractivity contribution in [3.63, 3.8) is 0 Å². The van der Waals surface area contributed by atoms with Gasteiger partial charge in [-0.15, -0.1) is 0 Å². The standard InChI is InChI=1S/C11H13NO3/c13-8-12-11(7-15-9-14)6-10-4-2-1-3-5-10/h1-5,8-9,11H,6-7H2,(H,12,13)/t11-/m0/s1. The molecule has 1 rings (SSSR count). The molecule has 15 heavy (non-hydrogen) atoms. The summed E-state index contributed by atoms with van der Waals surface area (Å²) in [4.78, 5) is 20.3. The third kappa shape index (κ3) is 4.26.